The first-order chi connectivity index (χ1) is 18.7. The number of nitrogens with two attached hydrogens (primary N) is 1. The number of ether oxygens (including phenoxy) is 3. The Morgan fingerprint density at radius 1 is 0.897 bits per heavy atom. The van der Waals surface area contributed by atoms with E-state index in [1.54, 1.807) is 36.4 Å². The Balaban J connectivity index is 1.64. The lowest BCUT2D eigenvalue weighted by atomic mass is 10.2. The molecule has 1 heterocycles. The SMILES string of the molecule is COc1cc(Nc2nccc(Nc3cccc(N(C)Cc4ccccc4)c3S(N)(=O)=O)n2)cc(OC)c1OC. The van der Waals surface area contributed by atoms with Crippen molar-refractivity contribution in [2.75, 3.05) is 43.9 Å². The number of rotatable bonds is 11. The van der Waals surface area contributed by atoms with Crippen molar-refractivity contribution in [3.05, 3.63) is 78.5 Å². The second-order valence-electron chi connectivity index (χ2n) is 8.47. The van der Waals surface area contributed by atoms with Crippen molar-refractivity contribution >= 4 is 38.9 Å². The number of hydrogen-bond acceptors (Lipinski definition) is 10. The van der Waals surface area contributed by atoms with Gasteiger partial charge in [-0.15, -0.1) is 0 Å². The van der Waals surface area contributed by atoms with E-state index >= 15 is 0 Å². The molecule has 39 heavy (non-hydrogen) atoms. The van der Waals surface area contributed by atoms with Crippen LogP contribution in [0.2, 0.25) is 0 Å². The van der Waals surface area contributed by atoms with Crippen LogP contribution < -0.4 is 34.9 Å². The molecule has 11 nitrogen and oxygen atoms in total. The molecule has 0 amide bonds. The van der Waals surface area contributed by atoms with E-state index in [4.69, 9.17) is 19.3 Å². The molecule has 0 saturated heterocycles. The standard InChI is InChI=1S/C27H30N6O5S/c1-33(17-18-9-6-5-7-10-18)21-12-8-11-20(26(21)39(28,34)35)31-24-13-14-29-27(32-24)30-19-15-22(36-2)25(38-4)23(16-19)37-3/h5-16H,17H2,1-4H3,(H2,28,34,35)(H2,29,30,31,32). The molecule has 0 saturated carbocycles. The van der Waals surface area contributed by atoms with Crippen LogP contribution >= 0.6 is 0 Å². The summed E-state index contributed by atoms with van der Waals surface area (Å²) in [5, 5.41) is 11.9. The van der Waals surface area contributed by atoms with Gasteiger partial charge in [0.25, 0.3) is 0 Å². The average molecular weight is 551 g/mol. The molecule has 0 unspecified atom stereocenters. The molecule has 4 rings (SSSR count). The van der Waals surface area contributed by atoms with Crippen molar-refractivity contribution < 1.29 is 22.6 Å². The van der Waals surface area contributed by atoms with Gasteiger partial charge in [-0.3, -0.25) is 0 Å². The first-order valence-electron chi connectivity index (χ1n) is 11.8. The third-order valence-electron chi connectivity index (χ3n) is 5.79. The van der Waals surface area contributed by atoms with Crippen molar-refractivity contribution in [2.45, 2.75) is 11.4 Å². The normalized spacial score (nSPS) is 11.0. The maximum atomic E-state index is 12.7. The van der Waals surface area contributed by atoms with Crippen LogP contribution in [-0.2, 0) is 16.6 Å². The Morgan fingerprint density at radius 3 is 2.21 bits per heavy atom. The molecule has 0 aliphatic heterocycles. The Kier molecular flexibility index (Phi) is 8.37. The summed E-state index contributed by atoms with van der Waals surface area (Å²) in [6.07, 6.45) is 1.54. The summed E-state index contributed by atoms with van der Waals surface area (Å²) in [5.41, 5.74) is 2.36. The maximum absolute atomic E-state index is 12.7. The quantitative estimate of drug-likeness (QED) is 0.248. The zero-order valence-corrected chi connectivity index (χ0v) is 22.8. The number of nitrogens with one attached hydrogen (secondary N) is 2. The summed E-state index contributed by atoms with van der Waals surface area (Å²) in [5.74, 6) is 1.98. The predicted octanol–water partition coefficient (Wildman–Crippen LogP) is 4.27. The lowest BCUT2D eigenvalue weighted by Crippen LogP contribution is -2.23. The first kappa shape index (κ1) is 27.5. The Labute approximate surface area is 227 Å². The molecule has 0 aliphatic carbocycles. The number of anilines is 5. The highest BCUT2D eigenvalue weighted by molar-refractivity contribution is 7.89. The summed E-state index contributed by atoms with van der Waals surface area (Å²) in [4.78, 5) is 10.5. The molecule has 0 spiro atoms. The average Bonchev–Trinajstić information content (AvgIpc) is 2.92. The topological polar surface area (TPSA) is 141 Å². The van der Waals surface area contributed by atoms with E-state index in [1.807, 2.05) is 42.3 Å². The minimum absolute atomic E-state index is 0.0406. The van der Waals surface area contributed by atoms with Gasteiger partial charge in [0, 0.05) is 37.6 Å². The molecule has 0 aliphatic rings. The molecular formula is C27H30N6O5S. The number of aromatic nitrogens is 2. The zero-order valence-electron chi connectivity index (χ0n) is 22.0. The van der Waals surface area contributed by atoms with Gasteiger partial charge in [0.2, 0.25) is 21.7 Å². The first-order valence-corrected chi connectivity index (χ1v) is 13.4. The minimum Gasteiger partial charge on any atom is -0.493 e. The van der Waals surface area contributed by atoms with Crippen molar-refractivity contribution in [3.63, 3.8) is 0 Å². The van der Waals surface area contributed by atoms with E-state index in [-0.39, 0.29) is 16.5 Å². The van der Waals surface area contributed by atoms with Gasteiger partial charge >= 0.3 is 0 Å². The minimum atomic E-state index is -4.11. The summed E-state index contributed by atoms with van der Waals surface area (Å²) >= 11 is 0. The van der Waals surface area contributed by atoms with Gasteiger partial charge in [-0.25, -0.2) is 18.5 Å². The second-order valence-corrected chi connectivity index (χ2v) is 9.97. The largest absolute Gasteiger partial charge is 0.493 e. The molecular weight excluding hydrogens is 520 g/mol. The van der Waals surface area contributed by atoms with Gasteiger partial charge in [-0.05, 0) is 23.8 Å². The van der Waals surface area contributed by atoms with Crippen LogP contribution in [0.5, 0.6) is 17.2 Å². The number of sulfonamides is 1. The molecule has 1 aromatic heterocycles. The Bertz CT molecular complexity index is 1520. The number of primary sulfonamides is 1. The highest BCUT2D eigenvalue weighted by Gasteiger charge is 2.22. The lowest BCUT2D eigenvalue weighted by molar-refractivity contribution is 0.324. The highest BCUT2D eigenvalue weighted by Crippen LogP contribution is 2.40. The van der Waals surface area contributed by atoms with Crippen molar-refractivity contribution in [1.29, 1.82) is 0 Å². The number of hydrogen-bond donors (Lipinski definition) is 3. The Hall–Kier alpha value is -4.55. The van der Waals surface area contributed by atoms with Crippen molar-refractivity contribution in [1.82, 2.24) is 9.97 Å². The summed E-state index contributed by atoms with van der Waals surface area (Å²) < 4.78 is 41.6. The van der Waals surface area contributed by atoms with E-state index in [0.717, 1.165) is 5.56 Å². The van der Waals surface area contributed by atoms with Gasteiger partial charge in [0.05, 0.1) is 32.7 Å². The molecule has 0 bridgehead atoms. The van der Waals surface area contributed by atoms with Gasteiger partial charge < -0.3 is 29.7 Å². The monoisotopic (exact) mass is 550 g/mol. The molecule has 0 fully saturated rings. The second kappa shape index (κ2) is 11.9. The van der Waals surface area contributed by atoms with Crippen LogP contribution in [-0.4, -0.2) is 46.8 Å². The van der Waals surface area contributed by atoms with Crippen molar-refractivity contribution in [3.8, 4) is 17.2 Å². The van der Waals surface area contributed by atoms with E-state index in [1.165, 1.54) is 27.5 Å². The summed E-state index contributed by atoms with van der Waals surface area (Å²) in [7, 11) is 2.28. The smallest absolute Gasteiger partial charge is 0.242 e. The number of methoxy groups -OCH3 is 3. The van der Waals surface area contributed by atoms with Crippen LogP contribution in [0, 0.1) is 0 Å². The molecule has 3 aromatic carbocycles. The zero-order chi connectivity index (χ0) is 28.0. The summed E-state index contributed by atoms with van der Waals surface area (Å²) in [6.45, 7) is 0.489. The van der Waals surface area contributed by atoms with Gasteiger partial charge in [-0.1, -0.05) is 36.4 Å². The Morgan fingerprint density at radius 2 is 1.59 bits per heavy atom. The van der Waals surface area contributed by atoms with Crippen LogP contribution in [0.15, 0.2) is 77.8 Å². The summed E-state index contributed by atoms with van der Waals surface area (Å²) in [6, 6.07) is 19.9. The van der Waals surface area contributed by atoms with Crippen LogP contribution in [0.1, 0.15) is 5.56 Å². The molecule has 4 N–H and O–H groups in total. The van der Waals surface area contributed by atoms with Gasteiger partial charge in [0.15, 0.2) is 11.5 Å². The lowest BCUT2D eigenvalue weighted by Gasteiger charge is -2.24. The third kappa shape index (κ3) is 6.48. The van der Waals surface area contributed by atoms with Crippen molar-refractivity contribution in [2.24, 2.45) is 5.14 Å². The fourth-order valence-electron chi connectivity index (χ4n) is 4.07. The molecule has 0 atom stereocenters. The molecule has 4 aromatic rings. The number of benzene rings is 3. The van der Waals surface area contributed by atoms with Gasteiger partial charge in [-0.2, -0.15) is 4.98 Å². The van der Waals surface area contributed by atoms with E-state index < -0.39 is 10.0 Å². The highest BCUT2D eigenvalue weighted by atomic mass is 32.2. The van der Waals surface area contributed by atoms with Crippen LogP contribution in [0.3, 0.4) is 0 Å². The fraction of sp³-hybridized carbons (Fsp3) is 0.185. The van der Waals surface area contributed by atoms with E-state index in [9.17, 15) is 8.42 Å². The maximum Gasteiger partial charge on any atom is 0.242 e. The van der Waals surface area contributed by atoms with Gasteiger partial charge in [0.1, 0.15) is 10.7 Å². The van der Waals surface area contributed by atoms with Crippen LogP contribution in [0.25, 0.3) is 0 Å². The molecule has 204 valence electrons. The molecule has 0 radical (unpaired) electrons. The number of nitrogens with zero attached hydrogens (tertiary/aromatic N) is 3. The molecule has 12 heteroatoms. The predicted molar refractivity (Wildman–Crippen MR) is 151 cm³/mol. The van der Waals surface area contributed by atoms with E-state index in [2.05, 4.69) is 20.6 Å². The third-order valence-corrected chi connectivity index (χ3v) is 6.79. The van der Waals surface area contributed by atoms with Crippen LogP contribution in [0.4, 0.5) is 28.8 Å². The van der Waals surface area contributed by atoms with E-state index in [0.29, 0.717) is 41.0 Å². The fourth-order valence-corrected chi connectivity index (χ4v) is 5.02.